The van der Waals surface area contributed by atoms with Crippen LogP contribution in [0.5, 0.6) is 5.75 Å². The highest BCUT2D eigenvalue weighted by Gasteiger charge is 2.44. The van der Waals surface area contributed by atoms with E-state index in [2.05, 4.69) is 0 Å². The summed E-state index contributed by atoms with van der Waals surface area (Å²) in [7, 11) is 0. The number of fused-ring (bicyclic) bond motifs is 2. The molecular weight excluding hydrogens is 386 g/mol. The lowest BCUT2D eigenvalue weighted by atomic mass is 10.0. The first-order valence-corrected chi connectivity index (χ1v) is 9.51. The molecule has 0 saturated carbocycles. The van der Waals surface area contributed by atoms with E-state index < -0.39 is 29.5 Å². The van der Waals surface area contributed by atoms with Crippen molar-refractivity contribution in [3.8, 4) is 5.75 Å². The summed E-state index contributed by atoms with van der Waals surface area (Å²) >= 11 is 0. The van der Waals surface area contributed by atoms with E-state index in [4.69, 9.17) is 9.15 Å². The van der Waals surface area contributed by atoms with Crippen molar-refractivity contribution < 1.29 is 23.5 Å². The molecule has 2 heterocycles. The van der Waals surface area contributed by atoms with Crippen LogP contribution in [0.1, 0.15) is 40.1 Å². The molecular formula is C23H19NO6. The molecule has 4 rings (SSSR count). The van der Waals surface area contributed by atoms with E-state index in [-0.39, 0.29) is 28.4 Å². The van der Waals surface area contributed by atoms with Crippen molar-refractivity contribution in [2.45, 2.75) is 26.8 Å². The Bertz CT molecular complexity index is 1220. The van der Waals surface area contributed by atoms with Crippen LogP contribution in [-0.4, -0.2) is 28.7 Å². The number of hydrogen-bond donors (Lipinski definition) is 0. The molecule has 0 unspecified atom stereocenters. The van der Waals surface area contributed by atoms with Gasteiger partial charge >= 0.3 is 11.6 Å². The first-order chi connectivity index (χ1) is 14.3. The molecule has 2 amide bonds. The number of esters is 1. The highest BCUT2D eigenvalue weighted by atomic mass is 16.5. The monoisotopic (exact) mass is 405 g/mol. The highest BCUT2D eigenvalue weighted by Crippen LogP contribution is 2.29. The van der Waals surface area contributed by atoms with Crippen LogP contribution in [0, 0.1) is 12.8 Å². The molecule has 30 heavy (non-hydrogen) atoms. The zero-order chi connectivity index (χ0) is 21.6. The number of imide groups is 1. The maximum atomic E-state index is 13.0. The van der Waals surface area contributed by atoms with Crippen molar-refractivity contribution in [3.05, 3.63) is 75.6 Å². The van der Waals surface area contributed by atoms with Gasteiger partial charge in [0.2, 0.25) is 0 Å². The maximum absolute atomic E-state index is 13.0. The number of carbonyl (C=O) groups is 3. The van der Waals surface area contributed by atoms with Crippen molar-refractivity contribution >= 4 is 28.8 Å². The van der Waals surface area contributed by atoms with Crippen molar-refractivity contribution in [2.75, 3.05) is 0 Å². The summed E-state index contributed by atoms with van der Waals surface area (Å²) in [5.74, 6) is -2.00. The van der Waals surface area contributed by atoms with Gasteiger partial charge in [0.1, 0.15) is 17.4 Å². The SMILES string of the molecule is Cc1cc(=O)oc2cc(OC(=O)[C@@H](C(C)C)N3C(=O)c4ccccc4C3=O)ccc12. The summed E-state index contributed by atoms with van der Waals surface area (Å²) in [6.07, 6.45) is 0. The average Bonchev–Trinajstić information content (AvgIpc) is 2.93. The summed E-state index contributed by atoms with van der Waals surface area (Å²) in [4.78, 5) is 51.2. The van der Waals surface area contributed by atoms with Gasteiger partial charge in [-0.1, -0.05) is 26.0 Å². The number of carbonyl (C=O) groups excluding carboxylic acids is 3. The van der Waals surface area contributed by atoms with Crippen LogP contribution in [-0.2, 0) is 4.79 Å². The van der Waals surface area contributed by atoms with Crippen LogP contribution in [0.25, 0.3) is 11.0 Å². The van der Waals surface area contributed by atoms with Crippen LogP contribution in [0.4, 0.5) is 0 Å². The van der Waals surface area contributed by atoms with E-state index in [1.165, 1.54) is 12.1 Å². The molecule has 152 valence electrons. The molecule has 3 aromatic rings. The molecule has 7 heteroatoms. The minimum Gasteiger partial charge on any atom is -0.425 e. The third kappa shape index (κ3) is 3.18. The molecule has 7 nitrogen and oxygen atoms in total. The summed E-state index contributed by atoms with van der Waals surface area (Å²) in [5, 5.41) is 0.718. The zero-order valence-electron chi connectivity index (χ0n) is 16.7. The molecule has 0 aliphatic carbocycles. The van der Waals surface area contributed by atoms with Crippen molar-refractivity contribution in [2.24, 2.45) is 5.92 Å². The third-order valence-electron chi connectivity index (χ3n) is 5.12. The fourth-order valence-corrected chi connectivity index (χ4v) is 3.68. The largest absolute Gasteiger partial charge is 0.425 e. The first-order valence-electron chi connectivity index (χ1n) is 9.51. The van der Waals surface area contributed by atoms with Gasteiger partial charge in [-0.2, -0.15) is 0 Å². The first kappa shape index (κ1) is 19.6. The van der Waals surface area contributed by atoms with Gasteiger partial charge in [-0.05, 0) is 42.7 Å². The van der Waals surface area contributed by atoms with Gasteiger partial charge in [-0.3, -0.25) is 14.5 Å². The predicted molar refractivity (Wildman–Crippen MR) is 108 cm³/mol. The molecule has 1 aliphatic heterocycles. The topological polar surface area (TPSA) is 93.9 Å². The summed E-state index contributed by atoms with van der Waals surface area (Å²) in [5.41, 5.74) is 1.06. The second-order valence-corrected chi connectivity index (χ2v) is 7.54. The van der Waals surface area contributed by atoms with Gasteiger partial charge in [-0.25, -0.2) is 9.59 Å². The number of rotatable bonds is 4. The van der Waals surface area contributed by atoms with E-state index in [1.807, 2.05) is 0 Å². The van der Waals surface area contributed by atoms with Crippen LogP contribution in [0.2, 0.25) is 0 Å². The lowest BCUT2D eigenvalue weighted by Crippen LogP contribution is -2.49. The van der Waals surface area contributed by atoms with Gasteiger partial charge in [0, 0.05) is 17.5 Å². The number of ether oxygens (including phenoxy) is 1. The Morgan fingerprint density at radius 3 is 2.20 bits per heavy atom. The molecule has 0 spiro atoms. The Morgan fingerprint density at radius 1 is 0.967 bits per heavy atom. The molecule has 1 atom stereocenters. The van der Waals surface area contributed by atoms with Crippen molar-refractivity contribution in [3.63, 3.8) is 0 Å². The molecule has 1 aromatic heterocycles. The second kappa shape index (κ2) is 7.26. The fraction of sp³-hybridized carbons (Fsp3) is 0.217. The lowest BCUT2D eigenvalue weighted by molar-refractivity contribution is -0.140. The van der Waals surface area contributed by atoms with E-state index in [9.17, 15) is 19.2 Å². The molecule has 0 N–H and O–H groups in total. The van der Waals surface area contributed by atoms with Crippen LogP contribution in [0.15, 0.2) is 57.7 Å². The maximum Gasteiger partial charge on any atom is 0.336 e. The van der Waals surface area contributed by atoms with E-state index >= 15 is 0 Å². The summed E-state index contributed by atoms with van der Waals surface area (Å²) in [6, 6.07) is 11.4. The van der Waals surface area contributed by atoms with E-state index in [0.717, 1.165) is 15.8 Å². The zero-order valence-corrected chi connectivity index (χ0v) is 16.7. The highest BCUT2D eigenvalue weighted by molar-refractivity contribution is 6.22. The quantitative estimate of drug-likeness (QED) is 0.286. The Balaban J connectivity index is 1.66. The van der Waals surface area contributed by atoms with Gasteiger partial charge in [0.25, 0.3) is 11.8 Å². The lowest BCUT2D eigenvalue weighted by Gasteiger charge is -2.27. The molecule has 0 radical (unpaired) electrons. The van der Waals surface area contributed by atoms with Crippen molar-refractivity contribution in [1.29, 1.82) is 0 Å². The molecule has 2 aromatic carbocycles. The van der Waals surface area contributed by atoms with Gasteiger partial charge in [0.05, 0.1) is 11.1 Å². The Morgan fingerprint density at radius 2 is 1.60 bits per heavy atom. The van der Waals surface area contributed by atoms with Crippen molar-refractivity contribution in [1.82, 2.24) is 4.90 Å². The fourth-order valence-electron chi connectivity index (χ4n) is 3.68. The molecule has 1 aliphatic rings. The van der Waals surface area contributed by atoms with E-state index in [1.54, 1.807) is 57.2 Å². The Labute approximate surface area is 171 Å². The van der Waals surface area contributed by atoms with Crippen LogP contribution < -0.4 is 10.4 Å². The van der Waals surface area contributed by atoms with Gasteiger partial charge < -0.3 is 9.15 Å². The standard InChI is InChI=1S/C23H19NO6/c1-12(2)20(24-21(26)16-6-4-5-7-17(16)22(24)27)23(28)29-14-8-9-15-13(3)10-19(25)30-18(15)11-14/h4-12,20H,1-3H3/t20-/m1/s1. The molecule has 0 bridgehead atoms. The number of benzene rings is 2. The minimum atomic E-state index is -1.10. The normalized spacial score (nSPS) is 14.3. The number of nitrogens with zero attached hydrogens (tertiary/aromatic N) is 1. The number of amides is 2. The second-order valence-electron chi connectivity index (χ2n) is 7.54. The van der Waals surface area contributed by atoms with Crippen LogP contribution in [0.3, 0.4) is 0 Å². The van der Waals surface area contributed by atoms with Gasteiger partial charge in [-0.15, -0.1) is 0 Å². The average molecular weight is 405 g/mol. The minimum absolute atomic E-state index is 0.156. The number of aryl methyl sites for hydroxylation is 1. The van der Waals surface area contributed by atoms with Crippen LogP contribution >= 0.6 is 0 Å². The molecule has 0 saturated heterocycles. The third-order valence-corrected chi connectivity index (χ3v) is 5.12. The smallest absolute Gasteiger partial charge is 0.336 e. The summed E-state index contributed by atoms with van der Waals surface area (Å²) in [6.45, 7) is 5.25. The predicted octanol–water partition coefficient (Wildman–Crippen LogP) is 3.33. The Kier molecular flexibility index (Phi) is 4.73. The van der Waals surface area contributed by atoms with Gasteiger partial charge in [0.15, 0.2) is 0 Å². The molecule has 0 fully saturated rings. The Hall–Kier alpha value is -3.74. The summed E-state index contributed by atoms with van der Waals surface area (Å²) < 4.78 is 10.7. The van der Waals surface area contributed by atoms with E-state index in [0.29, 0.717) is 0 Å². The number of hydrogen-bond acceptors (Lipinski definition) is 6.